The number of nitrogens with one attached hydrogen (secondary N) is 1. The van der Waals surface area contributed by atoms with E-state index in [2.05, 4.69) is 84.9 Å². The van der Waals surface area contributed by atoms with Gasteiger partial charge in [0.2, 0.25) is 0 Å². The van der Waals surface area contributed by atoms with Gasteiger partial charge in [0.15, 0.2) is 5.11 Å². The van der Waals surface area contributed by atoms with Gasteiger partial charge in [-0.3, -0.25) is 4.98 Å². The van der Waals surface area contributed by atoms with Crippen LogP contribution in [0.15, 0.2) is 72.9 Å². The Balaban J connectivity index is 1.61. The first-order valence-corrected chi connectivity index (χ1v) is 12.7. The lowest BCUT2D eigenvalue weighted by Gasteiger charge is -2.28. The van der Waals surface area contributed by atoms with Crippen LogP contribution in [0.1, 0.15) is 51.4 Å². The van der Waals surface area contributed by atoms with Crippen LogP contribution in [0.4, 0.5) is 0 Å². The summed E-state index contributed by atoms with van der Waals surface area (Å²) >= 11 is 5.91. The van der Waals surface area contributed by atoms with Crippen LogP contribution >= 0.6 is 12.2 Å². The summed E-state index contributed by atoms with van der Waals surface area (Å²) in [7, 11) is 1.69. The van der Waals surface area contributed by atoms with Gasteiger partial charge in [0.1, 0.15) is 5.75 Å². The number of ether oxygens (including phenoxy) is 1. The van der Waals surface area contributed by atoms with Gasteiger partial charge in [0, 0.05) is 29.8 Å². The zero-order valence-electron chi connectivity index (χ0n) is 21.4. The number of aromatic nitrogens is 2. The van der Waals surface area contributed by atoms with Crippen molar-refractivity contribution in [3.63, 3.8) is 0 Å². The van der Waals surface area contributed by atoms with Gasteiger partial charge in [-0.2, -0.15) is 0 Å². The molecule has 1 aliphatic rings. The SMILES string of the molecule is COc1ccc(CN2C(=S)NC(c3ccccn3)C2c2cc(C)n(-c3cc(C)ccc3C)c2C)cc1. The van der Waals surface area contributed by atoms with E-state index in [0.29, 0.717) is 6.54 Å². The van der Waals surface area contributed by atoms with E-state index in [1.54, 1.807) is 7.11 Å². The quantitative estimate of drug-likeness (QED) is 0.318. The number of methoxy groups -OCH3 is 1. The highest BCUT2D eigenvalue weighted by Crippen LogP contribution is 2.42. The van der Waals surface area contributed by atoms with Gasteiger partial charge in [0.05, 0.1) is 24.9 Å². The largest absolute Gasteiger partial charge is 0.497 e. The van der Waals surface area contributed by atoms with Crippen molar-refractivity contribution in [3.05, 3.63) is 112 Å². The zero-order chi connectivity index (χ0) is 25.4. The number of rotatable bonds is 6. The number of hydrogen-bond donors (Lipinski definition) is 1. The van der Waals surface area contributed by atoms with E-state index in [4.69, 9.17) is 21.9 Å². The lowest BCUT2D eigenvalue weighted by molar-refractivity contribution is 0.310. The van der Waals surface area contributed by atoms with E-state index >= 15 is 0 Å². The Kier molecular flexibility index (Phi) is 6.54. The number of hydrogen-bond acceptors (Lipinski definition) is 3. The van der Waals surface area contributed by atoms with Crippen molar-refractivity contribution >= 4 is 17.3 Å². The van der Waals surface area contributed by atoms with E-state index in [1.807, 2.05) is 30.5 Å². The van der Waals surface area contributed by atoms with Crippen LogP contribution in [0.25, 0.3) is 5.69 Å². The monoisotopic (exact) mass is 496 g/mol. The van der Waals surface area contributed by atoms with E-state index < -0.39 is 0 Å². The lowest BCUT2D eigenvalue weighted by Crippen LogP contribution is -2.29. The summed E-state index contributed by atoms with van der Waals surface area (Å²) < 4.78 is 7.73. The van der Waals surface area contributed by atoms with Crippen molar-refractivity contribution < 1.29 is 4.74 Å². The topological polar surface area (TPSA) is 42.3 Å². The van der Waals surface area contributed by atoms with E-state index in [0.717, 1.165) is 16.6 Å². The summed E-state index contributed by atoms with van der Waals surface area (Å²) in [6, 6.07) is 23.2. The molecule has 0 saturated carbocycles. The Hall–Kier alpha value is -3.64. The van der Waals surface area contributed by atoms with Crippen LogP contribution in [0.2, 0.25) is 0 Å². The molecule has 36 heavy (non-hydrogen) atoms. The molecule has 1 saturated heterocycles. The van der Waals surface area contributed by atoms with Gasteiger partial charge in [-0.05, 0) is 98.6 Å². The maximum atomic E-state index is 5.91. The molecule has 1 fully saturated rings. The van der Waals surface area contributed by atoms with E-state index in [1.165, 1.54) is 39.3 Å². The predicted molar refractivity (Wildman–Crippen MR) is 149 cm³/mol. The third-order valence-electron chi connectivity index (χ3n) is 7.10. The van der Waals surface area contributed by atoms with Crippen LogP contribution in [-0.2, 0) is 6.54 Å². The second-order valence-corrected chi connectivity index (χ2v) is 9.94. The molecule has 2 aromatic heterocycles. The van der Waals surface area contributed by atoms with Gasteiger partial charge in [-0.25, -0.2) is 0 Å². The summed E-state index contributed by atoms with van der Waals surface area (Å²) in [5.41, 5.74) is 9.57. The maximum Gasteiger partial charge on any atom is 0.170 e. The first-order valence-electron chi connectivity index (χ1n) is 12.2. The molecule has 0 spiro atoms. The molecule has 2 aromatic carbocycles. The van der Waals surface area contributed by atoms with Crippen LogP contribution in [0.3, 0.4) is 0 Å². The first-order chi connectivity index (χ1) is 17.4. The Morgan fingerprint density at radius 3 is 2.44 bits per heavy atom. The molecule has 184 valence electrons. The van der Waals surface area contributed by atoms with Gasteiger partial charge < -0.3 is 19.5 Å². The smallest absolute Gasteiger partial charge is 0.170 e. The molecule has 6 heteroatoms. The summed E-state index contributed by atoms with van der Waals surface area (Å²) in [6.45, 7) is 9.41. The van der Waals surface area contributed by atoms with E-state index in [-0.39, 0.29) is 12.1 Å². The molecule has 2 unspecified atom stereocenters. The van der Waals surface area contributed by atoms with Gasteiger partial charge in [0.25, 0.3) is 0 Å². The van der Waals surface area contributed by atoms with Crippen LogP contribution in [-0.4, -0.2) is 26.7 Å². The summed E-state index contributed by atoms with van der Waals surface area (Å²) in [5.74, 6) is 0.848. The molecule has 3 heterocycles. The molecular formula is C30H32N4OS. The highest BCUT2D eigenvalue weighted by atomic mass is 32.1. The molecule has 0 radical (unpaired) electrons. The van der Waals surface area contributed by atoms with Crippen molar-refractivity contribution in [2.24, 2.45) is 0 Å². The molecule has 5 rings (SSSR count). The molecule has 2 atom stereocenters. The highest BCUT2D eigenvalue weighted by molar-refractivity contribution is 7.80. The third-order valence-corrected chi connectivity index (χ3v) is 7.46. The zero-order valence-corrected chi connectivity index (χ0v) is 22.3. The van der Waals surface area contributed by atoms with E-state index in [9.17, 15) is 0 Å². The minimum absolute atomic E-state index is 0.000401. The van der Waals surface area contributed by atoms with Crippen molar-refractivity contribution in [1.29, 1.82) is 0 Å². The molecule has 4 aromatic rings. The van der Waals surface area contributed by atoms with Crippen molar-refractivity contribution in [2.75, 3.05) is 7.11 Å². The highest BCUT2D eigenvalue weighted by Gasteiger charge is 2.41. The van der Waals surface area contributed by atoms with Gasteiger partial charge in [-0.15, -0.1) is 0 Å². The number of aryl methyl sites for hydroxylation is 3. The Morgan fingerprint density at radius 1 is 0.972 bits per heavy atom. The van der Waals surface area contributed by atoms with Crippen molar-refractivity contribution in [1.82, 2.24) is 19.8 Å². The fourth-order valence-corrected chi connectivity index (χ4v) is 5.57. The normalized spacial score (nSPS) is 17.4. The number of benzene rings is 2. The van der Waals surface area contributed by atoms with Crippen LogP contribution < -0.4 is 10.1 Å². The number of nitrogens with zero attached hydrogens (tertiary/aromatic N) is 3. The van der Waals surface area contributed by atoms with Crippen LogP contribution in [0.5, 0.6) is 5.75 Å². The standard InChI is InChI=1S/C30H32N4OS/c1-19-9-10-20(2)27(16-19)34-21(3)17-25(22(34)4)29-28(26-8-6-7-15-31-26)32-30(36)33(29)18-23-11-13-24(35-5)14-12-23/h6-17,28-29H,18H2,1-5H3,(H,32,36). The first kappa shape index (κ1) is 24.1. The average Bonchev–Trinajstić information content (AvgIpc) is 3.36. The Bertz CT molecular complexity index is 1390. The number of thiocarbonyl (C=S) groups is 1. The summed E-state index contributed by atoms with van der Waals surface area (Å²) in [4.78, 5) is 7.00. The minimum Gasteiger partial charge on any atom is -0.497 e. The fraction of sp³-hybridized carbons (Fsp3) is 0.267. The molecule has 0 aliphatic carbocycles. The molecular weight excluding hydrogens is 464 g/mol. The average molecular weight is 497 g/mol. The maximum absolute atomic E-state index is 5.91. The van der Waals surface area contributed by atoms with Crippen LogP contribution in [0, 0.1) is 27.7 Å². The second kappa shape index (κ2) is 9.78. The molecule has 1 aliphatic heterocycles. The predicted octanol–water partition coefficient (Wildman–Crippen LogP) is 6.29. The summed E-state index contributed by atoms with van der Waals surface area (Å²) in [6.07, 6.45) is 1.85. The molecule has 0 bridgehead atoms. The Labute approximate surface area is 218 Å². The van der Waals surface area contributed by atoms with Crippen molar-refractivity contribution in [2.45, 2.75) is 46.3 Å². The fourth-order valence-electron chi connectivity index (χ4n) is 5.26. The van der Waals surface area contributed by atoms with Crippen molar-refractivity contribution in [3.8, 4) is 11.4 Å². The summed E-state index contributed by atoms with van der Waals surface area (Å²) in [5, 5.41) is 4.33. The molecule has 1 N–H and O–H groups in total. The third kappa shape index (κ3) is 4.37. The minimum atomic E-state index is -0.0514. The number of pyridine rings is 1. The van der Waals surface area contributed by atoms with Gasteiger partial charge >= 0.3 is 0 Å². The van der Waals surface area contributed by atoms with Gasteiger partial charge in [-0.1, -0.05) is 30.3 Å². The second-order valence-electron chi connectivity index (χ2n) is 9.55. The molecule has 5 nitrogen and oxygen atoms in total. The molecule has 0 amide bonds. The lowest BCUT2D eigenvalue weighted by atomic mass is 9.96. The Morgan fingerprint density at radius 2 is 1.75 bits per heavy atom.